The van der Waals surface area contributed by atoms with Crippen molar-refractivity contribution in [1.82, 2.24) is 20.2 Å². The van der Waals surface area contributed by atoms with E-state index in [0.29, 0.717) is 6.54 Å². The molecule has 0 unspecified atom stereocenters. The zero-order valence-electron chi connectivity index (χ0n) is 17.8. The van der Waals surface area contributed by atoms with Crippen LogP contribution in [-0.4, -0.2) is 60.5 Å². The lowest BCUT2D eigenvalue weighted by molar-refractivity contribution is 0.0946. The van der Waals surface area contributed by atoms with Gasteiger partial charge in [0.2, 0.25) is 0 Å². The van der Waals surface area contributed by atoms with Gasteiger partial charge >= 0.3 is 0 Å². The Hall–Kier alpha value is -3.38. The summed E-state index contributed by atoms with van der Waals surface area (Å²) in [5.41, 5.74) is 7.10. The fourth-order valence-corrected chi connectivity index (χ4v) is 4.29. The van der Waals surface area contributed by atoms with E-state index < -0.39 is 0 Å². The van der Waals surface area contributed by atoms with Crippen LogP contribution in [0.2, 0.25) is 0 Å². The van der Waals surface area contributed by atoms with Crippen molar-refractivity contribution < 1.29 is 4.79 Å². The summed E-state index contributed by atoms with van der Waals surface area (Å²) in [5, 5.41) is 2.90. The second-order valence-corrected chi connectivity index (χ2v) is 8.23. The van der Waals surface area contributed by atoms with Crippen molar-refractivity contribution in [3.63, 3.8) is 0 Å². The molecule has 1 saturated heterocycles. The van der Waals surface area contributed by atoms with Crippen LogP contribution in [0.25, 0.3) is 23.4 Å². The molecule has 1 fully saturated rings. The zero-order chi connectivity index (χ0) is 21.2. The van der Waals surface area contributed by atoms with Gasteiger partial charge in [-0.15, -0.1) is 0 Å². The molecule has 1 aromatic carbocycles. The van der Waals surface area contributed by atoms with Gasteiger partial charge < -0.3 is 20.1 Å². The minimum absolute atomic E-state index is 0.00145. The standard InChI is InChI=1S/C25H27N5O/c1-29-12-14-30(15-13-29)24-5-3-2-4-18(24)6-7-20-16-19(8-10-26-20)23-17-21-22(28-23)9-11-27-25(21)31/h2-8,10,16-17,28H,9,11-15H2,1H3,(H,27,31)/b7-6+. The third kappa shape index (κ3) is 4.11. The van der Waals surface area contributed by atoms with Gasteiger partial charge in [-0.05, 0) is 43.0 Å². The number of amides is 1. The predicted octanol–water partition coefficient (Wildman–Crippen LogP) is 3.28. The van der Waals surface area contributed by atoms with Crippen molar-refractivity contribution in [3.05, 3.63) is 71.2 Å². The molecule has 31 heavy (non-hydrogen) atoms. The fraction of sp³-hybridized carbons (Fsp3) is 0.280. The van der Waals surface area contributed by atoms with E-state index in [1.165, 1.54) is 11.3 Å². The van der Waals surface area contributed by atoms with Crippen molar-refractivity contribution in [3.8, 4) is 11.3 Å². The second kappa shape index (κ2) is 8.40. The monoisotopic (exact) mass is 413 g/mol. The van der Waals surface area contributed by atoms with Crippen molar-refractivity contribution >= 4 is 23.7 Å². The third-order valence-electron chi connectivity index (χ3n) is 6.11. The van der Waals surface area contributed by atoms with E-state index in [4.69, 9.17) is 0 Å². The number of likely N-dealkylation sites (N-methyl/N-ethyl adjacent to an activating group) is 1. The largest absolute Gasteiger partial charge is 0.368 e. The Morgan fingerprint density at radius 3 is 2.71 bits per heavy atom. The number of nitrogens with one attached hydrogen (secondary N) is 2. The topological polar surface area (TPSA) is 64.3 Å². The molecule has 0 radical (unpaired) electrons. The van der Waals surface area contributed by atoms with E-state index in [-0.39, 0.29) is 5.91 Å². The van der Waals surface area contributed by atoms with E-state index >= 15 is 0 Å². The lowest BCUT2D eigenvalue weighted by atomic mass is 10.1. The Kier molecular flexibility index (Phi) is 5.30. The van der Waals surface area contributed by atoms with Crippen molar-refractivity contribution in [2.45, 2.75) is 6.42 Å². The van der Waals surface area contributed by atoms with Crippen LogP contribution < -0.4 is 10.2 Å². The molecule has 6 heteroatoms. The van der Waals surface area contributed by atoms with Crippen LogP contribution in [0, 0.1) is 0 Å². The van der Waals surface area contributed by atoms with Crippen molar-refractivity contribution in [2.75, 3.05) is 44.7 Å². The van der Waals surface area contributed by atoms with Gasteiger partial charge in [0.1, 0.15) is 0 Å². The summed E-state index contributed by atoms with van der Waals surface area (Å²) in [6.45, 7) is 4.93. The Morgan fingerprint density at radius 2 is 1.87 bits per heavy atom. The molecule has 2 N–H and O–H groups in total. The normalized spacial score (nSPS) is 17.1. The Labute approximate surface area is 182 Å². The van der Waals surface area contributed by atoms with Gasteiger partial charge in [0.05, 0.1) is 11.3 Å². The Morgan fingerprint density at radius 1 is 1.03 bits per heavy atom. The molecule has 158 valence electrons. The highest BCUT2D eigenvalue weighted by Crippen LogP contribution is 2.26. The summed E-state index contributed by atoms with van der Waals surface area (Å²) in [6.07, 6.45) is 6.87. The lowest BCUT2D eigenvalue weighted by Crippen LogP contribution is -2.44. The van der Waals surface area contributed by atoms with E-state index in [9.17, 15) is 4.79 Å². The SMILES string of the molecule is CN1CCN(c2ccccc2/C=C/c2cc(-c3cc4c([nH]3)CCNC4=O)ccn2)CC1. The molecule has 0 saturated carbocycles. The number of para-hydroxylation sites is 1. The molecular formula is C25H27N5O. The Bertz CT molecular complexity index is 1120. The van der Waals surface area contributed by atoms with Gasteiger partial charge in [-0.25, -0.2) is 0 Å². The number of aromatic amines is 1. The molecule has 0 spiro atoms. The maximum atomic E-state index is 12.1. The summed E-state index contributed by atoms with van der Waals surface area (Å²) in [6, 6.07) is 14.5. The molecule has 2 aromatic heterocycles. The number of anilines is 1. The van der Waals surface area contributed by atoms with Crippen molar-refractivity contribution in [1.29, 1.82) is 0 Å². The number of hydrogen-bond acceptors (Lipinski definition) is 4. The molecule has 0 atom stereocenters. The van der Waals surface area contributed by atoms with E-state index in [1.807, 2.05) is 18.3 Å². The number of nitrogens with zero attached hydrogens (tertiary/aromatic N) is 3. The molecule has 6 nitrogen and oxygen atoms in total. The van der Waals surface area contributed by atoms with Gasteiger partial charge in [-0.1, -0.05) is 24.3 Å². The van der Waals surface area contributed by atoms with Crippen LogP contribution in [0.3, 0.4) is 0 Å². The van der Waals surface area contributed by atoms with Crippen LogP contribution in [0.5, 0.6) is 0 Å². The van der Waals surface area contributed by atoms with E-state index in [2.05, 4.69) is 74.6 Å². The van der Waals surface area contributed by atoms with E-state index in [1.54, 1.807) is 0 Å². The molecule has 0 aliphatic carbocycles. The number of carbonyl (C=O) groups is 1. The summed E-state index contributed by atoms with van der Waals surface area (Å²) < 4.78 is 0. The van der Waals surface area contributed by atoms with Crippen LogP contribution in [-0.2, 0) is 6.42 Å². The average Bonchev–Trinajstić information content (AvgIpc) is 3.25. The molecule has 5 rings (SSSR count). The van der Waals surface area contributed by atoms with Crippen LogP contribution >= 0.6 is 0 Å². The summed E-state index contributed by atoms with van der Waals surface area (Å²) in [5.74, 6) is -0.00145. The second-order valence-electron chi connectivity index (χ2n) is 8.23. The molecule has 1 amide bonds. The minimum atomic E-state index is -0.00145. The summed E-state index contributed by atoms with van der Waals surface area (Å²) >= 11 is 0. The van der Waals surface area contributed by atoms with Gasteiger partial charge in [-0.3, -0.25) is 9.78 Å². The number of rotatable bonds is 4. The molecular weight excluding hydrogens is 386 g/mol. The summed E-state index contributed by atoms with van der Waals surface area (Å²) in [4.78, 5) is 24.8. The summed E-state index contributed by atoms with van der Waals surface area (Å²) in [7, 11) is 2.18. The number of hydrogen-bond donors (Lipinski definition) is 2. The average molecular weight is 414 g/mol. The maximum Gasteiger partial charge on any atom is 0.253 e. The first-order valence-electron chi connectivity index (χ1n) is 10.8. The van der Waals surface area contributed by atoms with Crippen LogP contribution in [0.1, 0.15) is 27.3 Å². The fourth-order valence-electron chi connectivity index (χ4n) is 4.29. The smallest absolute Gasteiger partial charge is 0.253 e. The number of pyridine rings is 1. The lowest BCUT2D eigenvalue weighted by Gasteiger charge is -2.34. The number of carbonyl (C=O) groups excluding carboxylic acids is 1. The third-order valence-corrected chi connectivity index (χ3v) is 6.11. The Balaban J connectivity index is 1.39. The first-order valence-corrected chi connectivity index (χ1v) is 10.8. The van der Waals surface area contributed by atoms with Gasteiger partial charge in [0.25, 0.3) is 5.91 Å². The predicted molar refractivity (Wildman–Crippen MR) is 125 cm³/mol. The van der Waals surface area contributed by atoms with Crippen molar-refractivity contribution in [2.24, 2.45) is 0 Å². The van der Waals surface area contributed by atoms with Crippen LogP contribution in [0.4, 0.5) is 5.69 Å². The number of H-pyrrole nitrogens is 1. The number of piperazine rings is 1. The molecule has 4 heterocycles. The zero-order valence-corrected chi connectivity index (χ0v) is 17.8. The number of aromatic nitrogens is 2. The number of fused-ring (bicyclic) bond motifs is 1. The first kappa shape index (κ1) is 19.6. The number of benzene rings is 1. The van der Waals surface area contributed by atoms with Gasteiger partial charge in [0.15, 0.2) is 0 Å². The molecule has 2 aliphatic heterocycles. The quantitative estimate of drug-likeness (QED) is 0.689. The highest BCUT2D eigenvalue weighted by atomic mass is 16.1. The van der Waals surface area contributed by atoms with Gasteiger partial charge in [0, 0.05) is 68.0 Å². The maximum absolute atomic E-state index is 12.1. The highest BCUT2D eigenvalue weighted by Gasteiger charge is 2.20. The molecule has 0 bridgehead atoms. The highest BCUT2D eigenvalue weighted by molar-refractivity contribution is 5.97. The minimum Gasteiger partial charge on any atom is -0.368 e. The first-order chi connectivity index (χ1) is 15.2. The molecule has 2 aliphatic rings. The van der Waals surface area contributed by atoms with E-state index in [0.717, 1.165) is 60.8 Å². The van der Waals surface area contributed by atoms with Crippen LogP contribution in [0.15, 0.2) is 48.7 Å². The van der Waals surface area contributed by atoms with Gasteiger partial charge in [-0.2, -0.15) is 0 Å². The molecule has 3 aromatic rings.